The zero-order valence-electron chi connectivity index (χ0n) is 15.4. The van der Waals surface area contributed by atoms with E-state index in [1.807, 2.05) is 0 Å². The van der Waals surface area contributed by atoms with Crippen molar-refractivity contribution in [2.24, 2.45) is 16.5 Å². The molecular weight excluding hydrogens is 436 g/mol. The lowest BCUT2D eigenvalue weighted by Crippen LogP contribution is -2.44. The first-order valence-corrected chi connectivity index (χ1v) is 9.24. The van der Waals surface area contributed by atoms with Crippen LogP contribution in [0.3, 0.4) is 0 Å². The molecule has 29 heavy (non-hydrogen) atoms. The highest BCUT2D eigenvalue weighted by atomic mass is 35.5. The van der Waals surface area contributed by atoms with Gasteiger partial charge in [0.05, 0.1) is 46.3 Å². The van der Waals surface area contributed by atoms with E-state index in [4.69, 9.17) is 49.0 Å². The van der Waals surface area contributed by atoms with E-state index in [-0.39, 0.29) is 28.9 Å². The predicted molar refractivity (Wildman–Crippen MR) is 104 cm³/mol. The molecule has 1 aliphatic heterocycles. The Bertz CT molecular complexity index is 762. The van der Waals surface area contributed by atoms with Crippen LogP contribution in [-0.2, 0) is 20.5 Å². The van der Waals surface area contributed by atoms with Gasteiger partial charge in [0.2, 0.25) is 0 Å². The quantitative estimate of drug-likeness (QED) is 0.601. The molecule has 7 nitrogen and oxygen atoms in total. The first-order chi connectivity index (χ1) is 13.7. The number of hydroxylamine groups is 1. The molecule has 1 aromatic rings. The lowest BCUT2D eigenvalue weighted by atomic mass is 10.0. The van der Waals surface area contributed by atoms with Crippen molar-refractivity contribution in [3.8, 4) is 0 Å². The van der Waals surface area contributed by atoms with Gasteiger partial charge in [0.25, 0.3) is 0 Å². The van der Waals surface area contributed by atoms with Crippen LogP contribution in [0.4, 0.5) is 18.9 Å². The molecule has 0 saturated carbocycles. The number of hydrogen-bond donors (Lipinski definition) is 3. The number of alkyl halides is 3. The van der Waals surface area contributed by atoms with Crippen LogP contribution in [0.2, 0.25) is 10.0 Å². The third kappa shape index (κ3) is 6.54. The van der Waals surface area contributed by atoms with Gasteiger partial charge in [-0.05, 0) is 24.4 Å². The molecule has 0 spiro atoms. The molecule has 1 fully saturated rings. The maximum atomic E-state index is 13.5. The average Bonchev–Trinajstić information content (AvgIpc) is 2.73. The number of ether oxygens (including phenoxy) is 2. The molecule has 0 amide bonds. The van der Waals surface area contributed by atoms with Crippen molar-refractivity contribution < 1.29 is 27.5 Å². The summed E-state index contributed by atoms with van der Waals surface area (Å²) in [7, 11) is 1.43. The predicted octanol–water partition coefficient (Wildman–Crippen LogP) is 3.17. The Balaban J connectivity index is 2.59. The topological polar surface area (TPSA) is 104 Å². The Morgan fingerprint density at radius 2 is 2.03 bits per heavy atom. The Hall–Kier alpha value is -1.40. The number of methoxy groups -OCH3 is 1. The van der Waals surface area contributed by atoms with Gasteiger partial charge < -0.3 is 25.8 Å². The van der Waals surface area contributed by atoms with Gasteiger partial charge in [0, 0.05) is 13.5 Å². The third-order valence-electron chi connectivity index (χ3n) is 4.00. The van der Waals surface area contributed by atoms with Gasteiger partial charge in [0.15, 0.2) is 0 Å². The van der Waals surface area contributed by atoms with Crippen molar-refractivity contribution in [2.45, 2.75) is 31.0 Å². The lowest BCUT2D eigenvalue weighted by Gasteiger charge is -2.28. The minimum Gasteiger partial charge on any atom is -0.405 e. The van der Waals surface area contributed by atoms with Gasteiger partial charge in [-0.25, -0.2) is 4.99 Å². The number of benzene rings is 1. The van der Waals surface area contributed by atoms with E-state index in [0.29, 0.717) is 12.5 Å². The molecule has 0 aromatic heterocycles. The van der Waals surface area contributed by atoms with Crippen LogP contribution in [0.15, 0.2) is 29.4 Å². The van der Waals surface area contributed by atoms with Crippen molar-refractivity contribution in [3.63, 3.8) is 0 Å². The molecule has 2 unspecified atom stereocenters. The van der Waals surface area contributed by atoms with Crippen LogP contribution >= 0.6 is 23.2 Å². The Morgan fingerprint density at radius 3 is 2.66 bits per heavy atom. The molecule has 2 rings (SSSR count). The summed E-state index contributed by atoms with van der Waals surface area (Å²) in [5.41, 5.74) is 12.6. The first-order valence-electron chi connectivity index (χ1n) is 8.49. The minimum atomic E-state index is -4.71. The van der Waals surface area contributed by atoms with Gasteiger partial charge in [0.1, 0.15) is 12.3 Å². The zero-order valence-corrected chi connectivity index (χ0v) is 16.9. The number of rotatable bonds is 4. The van der Waals surface area contributed by atoms with Crippen LogP contribution in [0, 0.1) is 0 Å². The molecule has 3 atom stereocenters. The number of nitrogens with two attached hydrogens (primary N) is 2. The largest absolute Gasteiger partial charge is 0.418 e. The normalized spacial score (nSPS) is 24.9. The smallest absolute Gasteiger partial charge is 0.405 e. The van der Waals surface area contributed by atoms with Crippen molar-refractivity contribution >= 4 is 34.6 Å². The fourth-order valence-corrected chi connectivity index (χ4v) is 2.98. The van der Waals surface area contributed by atoms with Crippen molar-refractivity contribution in [3.05, 3.63) is 40.0 Å². The molecule has 0 radical (unpaired) electrons. The number of halogens is 5. The Kier molecular flexibility index (Phi) is 8.71. The lowest BCUT2D eigenvalue weighted by molar-refractivity contribution is -0.137. The molecule has 1 heterocycles. The van der Waals surface area contributed by atoms with Crippen LogP contribution in [-0.4, -0.2) is 44.4 Å². The SMILES string of the molecule is CO[C@H]1CCONCC(N)OC1C(/C=C\N)=Nc1cc(Cl)c(Cl)cc1C(F)(F)F. The molecule has 1 aliphatic rings. The van der Waals surface area contributed by atoms with E-state index in [2.05, 4.69) is 10.5 Å². The molecule has 1 aromatic carbocycles. The van der Waals surface area contributed by atoms with Gasteiger partial charge in [-0.3, -0.25) is 0 Å². The standard InChI is InChI=1S/C17H21Cl2F3N4O3/c1-27-14-3-5-28-25-8-15(24)29-16(14)12(2-4-23)26-13-7-11(19)10(18)6-9(13)17(20,21)22/h2,4,6-7,14-16,25H,3,5,8,23-24H2,1H3/b4-2-,26-12?/t14-,15?,16?/m0/s1. The summed E-state index contributed by atoms with van der Waals surface area (Å²) in [5.74, 6) is 0. The maximum Gasteiger partial charge on any atom is 0.418 e. The van der Waals surface area contributed by atoms with Crippen LogP contribution in [0.5, 0.6) is 0 Å². The third-order valence-corrected chi connectivity index (χ3v) is 4.73. The maximum absolute atomic E-state index is 13.5. The van der Waals surface area contributed by atoms with Crippen molar-refractivity contribution in [2.75, 3.05) is 20.3 Å². The van der Waals surface area contributed by atoms with Gasteiger partial charge in [-0.15, -0.1) is 0 Å². The fourth-order valence-electron chi connectivity index (χ4n) is 2.65. The second-order valence-electron chi connectivity index (χ2n) is 6.03. The van der Waals surface area contributed by atoms with E-state index in [0.717, 1.165) is 12.3 Å². The summed E-state index contributed by atoms with van der Waals surface area (Å²) in [6.07, 6.45) is -4.29. The summed E-state index contributed by atoms with van der Waals surface area (Å²) >= 11 is 11.7. The molecular formula is C17H21Cl2F3N4O3. The van der Waals surface area contributed by atoms with E-state index in [1.54, 1.807) is 0 Å². The summed E-state index contributed by atoms with van der Waals surface area (Å²) in [4.78, 5) is 9.34. The molecule has 0 bridgehead atoms. The first kappa shape index (κ1) is 23.9. The molecule has 162 valence electrons. The van der Waals surface area contributed by atoms with Gasteiger partial charge >= 0.3 is 6.18 Å². The van der Waals surface area contributed by atoms with Crippen molar-refractivity contribution in [1.82, 2.24) is 5.48 Å². The highest BCUT2D eigenvalue weighted by Gasteiger charge is 2.35. The van der Waals surface area contributed by atoms with E-state index < -0.39 is 35.9 Å². The summed E-state index contributed by atoms with van der Waals surface area (Å²) in [6.45, 7) is 0.401. The van der Waals surface area contributed by atoms with E-state index >= 15 is 0 Å². The molecule has 5 N–H and O–H groups in total. The second kappa shape index (κ2) is 10.6. The summed E-state index contributed by atoms with van der Waals surface area (Å²) in [5, 5.41) is -0.324. The Morgan fingerprint density at radius 1 is 1.34 bits per heavy atom. The van der Waals surface area contributed by atoms with Crippen LogP contribution in [0.25, 0.3) is 0 Å². The minimum absolute atomic E-state index is 0.0700. The number of nitrogens with zero attached hydrogens (tertiary/aromatic N) is 1. The van der Waals surface area contributed by atoms with Crippen LogP contribution < -0.4 is 16.9 Å². The van der Waals surface area contributed by atoms with Gasteiger partial charge in [-0.1, -0.05) is 23.2 Å². The number of nitrogens with one attached hydrogen (secondary N) is 1. The van der Waals surface area contributed by atoms with Crippen molar-refractivity contribution in [1.29, 1.82) is 0 Å². The van der Waals surface area contributed by atoms with E-state index in [1.165, 1.54) is 13.2 Å². The average molecular weight is 457 g/mol. The molecule has 0 aliphatic carbocycles. The fraction of sp³-hybridized carbons (Fsp3) is 0.471. The van der Waals surface area contributed by atoms with Gasteiger partial charge in [-0.2, -0.15) is 18.7 Å². The second-order valence-corrected chi connectivity index (χ2v) is 6.85. The summed E-state index contributed by atoms with van der Waals surface area (Å²) in [6, 6.07) is 1.74. The highest BCUT2D eigenvalue weighted by Crippen LogP contribution is 2.41. The highest BCUT2D eigenvalue weighted by molar-refractivity contribution is 6.42. The number of aliphatic imine (C=N–C) groups is 1. The molecule has 1 saturated heterocycles. The Labute approximate surface area is 175 Å². The van der Waals surface area contributed by atoms with E-state index in [9.17, 15) is 13.2 Å². The monoisotopic (exact) mass is 456 g/mol. The summed E-state index contributed by atoms with van der Waals surface area (Å²) < 4.78 is 51.7. The molecule has 12 heteroatoms. The zero-order chi connectivity index (χ0) is 21.6. The number of hydrogen-bond acceptors (Lipinski definition) is 7. The van der Waals surface area contributed by atoms with Crippen LogP contribution in [0.1, 0.15) is 12.0 Å².